The van der Waals surface area contributed by atoms with Gasteiger partial charge in [-0.05, 0) is 29.3 Å². The summed E-state index contributed by atoms with van der Waals surface area (Å²) in [6.07, 6.45) is 0.744. The zero-order valence-corrected chi connectivity index (χ0v) is 13.3. The number of carbonyl (C=O) groups is 1. The number of rotatable bonds is 2. The molecule has 1 amide bonds. The zero-order chi connectivity index (χ0) is 16.6. The smallest absolute Gasteiger partial charge is 0.253 e. The molecule has 0 radical (unpaired) electrons. The maximum atomic E-state index is 13.0. The van der Waals surface area contributed by atoms with E-state index in [1.54, 1.807) is 12.1 Å². The number of likely N-dealkylation sites (tertiary alicyclic amines) is 1. The molecule has 4 rings (SSSR count). The number of ether oxygens (including phenoxy) is 1. The fraction of sp³-hybridized carbons (Fsp3) is 0.316. The van der Waals surface area contributed by atoms with E-state index in [0.29, 0.717) is 25.3 Å². The second-order valence-corrected chi connectivity index (χ2v) is 6.48. The van der Waals surface area contributed by atoms with Crippen molar-refractivity contribution in [2.24, 2.45) is 0 Å². The number of hydrogen-bond donors (Lipinski definition) is 1. The van der Waals surface area contributed by atoms with Gasteiger partial charge >= 0.3 is 0 Å². The van der Waals surface area contributed by atoms with Crippen molar-refractivity contribution in [1.82, 2.24) is 10.2 Å². The van der Waals surface area contributed by atoms with Crippen molar-refractivity contribution in [3.05, 3.63) is 71.0 Å². The van der Waals surface area contributed by atoms with E-state index in [2.05, 4.69) is 10.2 Å². The van der Waals surface area contributed by atoms with E-state index in [9.17, 15) is 9.18 Å². The first kappa shape index (κ1) is 15.3. The number of benzene rings is 2. The van der Waals surface area contributed by atoms with Gasteiger partial charge in [0, 0.05) is 31.6 Å². The van der Waals surface area contributed by atoms with Crippen molar-refractivity contribution < 1.29 is 13.9 Å². The van der Waals surface area contributed by atoms with Crippen LogP contribution in [0.5, 0.6) is 0 Å². The fourth-order valence-corrected chi connectivity index (χ4v) is 3.45. The average molecular weight is 326 g/mol. The highest BCUT2D eigenvalue weighted by Gasteiger charge is 2.42. The Kier molecular flexibility index (Phi) is 3.82. The van der Waals surface area contributed by atoms with Gasteiger partial charge in [-0.2, -0.15) is 0 Å². The van der Waals surface area contributed by atoms with Crippen LogP contribution in [0.3, 0.4) is 0 Å². The van der Waals surface area contributed by atoms with Gasteiger partial charge in [0.15, 0.2) is 5.72 Å². The Bertz CT molecular complexity index is 762. The minimum Gasteiger partial charge on any atom is -0.350 e. The van der Waals surface area contributed by atoms with Gasteiger partial charge in [-0.25, -0.2) is 4.39 Å². The monoisotopic (exact) mass is 326 g/mol. The Labute approximate surface area is 140 Å². The molecule has 5 heteroatoms. The molecule has 24 heavy (non-hydrogen) atoms. The third-order valence-electron chi connectivity index (χ3n) is 4.74. The summed E-state index contributed by atoms with van der Waals surface area (Å²) >= 11 is 0. The van der Waals surface area contributed by atoms with Crippen LogP contribution < -0.4 is 5.32 Å². The quantitative estimate of drug-likeness (QED) is 0.922. The standard InChI is InChI=1S/C19H19FN2O2/c20-16-7-5-14(6-8-16)11-22-10-9-19(13-22)21-18(23)17-4-2-1-3-15(17)12-24-19/h1-8H,9-13H2,(H,21,23). The number of amides is 1. The van der Waals surface area contributed by atoms with Gasteiger partial charge in [-0.3, -0.25) is 9.69 Å². The summed E-state index contributed by atoms with van der Waals surface area (Å²) in [6.45, 7) is 2.60. The van der Waals surface area contributed by atoms with Crippen LogP contribution in [0, 0.1) is 5.82 Å². The Morgan fingerprint density at radius 1 is 1.17 bits per heavy atom. The van der Waals surface area contributed by atoms with Crippen molar-refractivity contribution in [3.63, 3.8) is 0 Å². The minimum absolute atomic E-state index is 0.0771. The number of nitrogens with zero attached hydrogens (tertiary/aromatic N) is 1. The molecule has 124 valence electrons. The second-order valence-electron chi connectivity index (χ2n) is 6.48. The molecular weight excluding hydrogens is 307 g/mol. The van der Waals surface area contributed by atoms with E-state index >= 15 is 0 Å². The van der Waals surface area contributed by atoms with Crippen LogP contribution in [0.4, 0.5) is 4.39 Å². The van der Waals surface area contributed by atoms with Gasteiger partial charge in [-0.15, -0.1) is 0 Å². The van der Waals surface area contributed by atoms with E-state index in [1.165, 1.54) is 12.1 Å². The molecule has 1 spiro atoms. The van der Waals surface area contributed by atoms with E-state index in [4.69, 9.17) is 4.74 Å². The predicted octanol–water partition coefficient (Wildman–Crippen LogP) is 2.69. The van der Waals surface area contributed by atoms with Crippen LogP contribution in [0.25, 0.3) is 0 Å². The molecule has 2 heterocycles. The van der Waals surface area contributed by atoms with E-state index < -0.39 is 5.72 Å². The van der Waals surface area contributed by atoms with Gasteiger partial charge in [0.05, 0.1) is 6.61 Å². The third kappa shape index (κ3) is 2.92. The lowest BCUT2D eigenvalue weighted by molar-refractivity contribution is -0.0629. The van der Waals surface area contributed by atoms with Crippen LogP contribution in [-0.4, -0.2) is 29.6 Å². The van der Waals surface area contributed by atoms with Crippen LogP contribution >= 0.6 is 0 Å². The van der Waals surface area contributed by atoms with E-state index in [-0.39, 0.29) is 11.7 Å². The number of nitrogens with one attached hydrogen (secondary N) is 1. The molecule has 1 N–H and O–H groups in total. The summed E-state index contributed by atoms with van der Waals surface area (Å²) in [5.74, 6) is -0.305. The molecule has 1 fully saturated rings. The van der Waals surface area contributed by atoms with Crippen molar-refractivity contribution in [1.29, 1.82) is 0 Å². The lowest BCUT2D eigenvalue weighted by atomic mass is 10.1. The zero-order valence-electron chi connectivity index (χ0n) is 13.3. The maximum Gasteiger partial charge on any atom is 0.253 e. The molecule has 1 unspecified atom stereocenters. The molecule has 0 aromatic heterocycles. The normalized spacial score (nSPS) is 23.8. The predicted molar refractivity (Wildman–Crippen MR) is 87.7 cm³/mol. The molecule has 2 aromatic rings. The van der Waals surface area contributed by atoms with Crippen molar-refractivity contribution in [3.8, 4) is 0 Å². The molecule has 2 aliphatic rings. The number of hydrogen-bond acceptors (Lipinski definition) is 3. The Balaban J connectivity index is 1.48. The molecule has 2 aliphatic heterocycles. The molecule has 0 saturated carbocycles. The Morgan fingerprint density at radius 2 is 1.96 bits per heavy atom. The topological polar surface area (TPSA) is 41.6 Å². The summed E-state index contributed by atoms with van der Waals surface area (Å²) in [4.78, 5) is 14.7. The first-order chi connectivity index (χ1) is 11.6. The Morgan fingerprint density at radius 3 is 2.79 bits per heavy atom. The molecule has 0 aliphatic carbocycles. The van der Waals surface area contributed by atoms with Gasteiger partial charge in [-0.1, -0.05) is 30.3 Å². The van der Waals surface area contributed by atoms with Crippen LogP contribution in [0.15, 0.2) is 48.5 Å². The first-order valence-corrected chi connectivity index (χ1v) is 8.15. The Hall–Kier alpha value is -2.24. The lowest BCUT2D eigenvalue weighted by Gasteiger charge is -2.29. The molecule has 4 nitrogen and oxygen atoms in total. The van der Waals surface area contributed by atoms with Gasteiger partial charge in [0.25, 0.3) is 5.91 Å². The van der Waals surface area contributed by atoms with Crippen molar-refractivity contribution in [2.75, 3.05) is 13.1 Å². The molecule has 1 atom stereocenters. The highest BCUT2D eigenvalue weighted by molar-refractivity contribution is 5.96. The fourth-order valence-electron chi connectivity index (χ4n) is 3.45. The highest BCUT2D eigenvalue weighted by atomic mass is 19.1. The van der Waals surface area contributed by atoms with E-state index in [1.807, 2.05) is 24.3 Å². The average Bonchev–Trinajstić information content (AvgIpc) is 2.91. The van der Waals surface area contributed by atoms with Gasteiger partial charge in [0.2, 0.25) is 0 Å². The maximum absolute atomic E-state index is 13.0. The molecule has 1 saturated heterocycles. The first-order valence-electron chi connectivity index (χ1n) is 8.15. The number of fused-ring (bicyclic) bond motifs is 1. The van der Waals surface area contributed by atoms with Gasteiger partial charge in [0.1, 0.15) is 5.82 Å². The third-order valence-corrected chi connectivity index (χ3v) is 4.74. The second kappa shape index (κ2) is 6.00. The molecule has 2 aromatic carbocycles. The van der Waals surface area contributed by atoms with Crippen molar-refractivity contribution in [2.45, 2.75) is 25.3 Å². The summed E-state index contributed by atoms with van der Waals surface area (Å²) < 4.78 is 19.1. The van der Waals surface area contributed by atoms with E-state index in [0.717, 1.165) is 24.1 Å². The lowest BCUT2D eigenvalue weighted by Crippen LogP contribution is -2.51. The highest BCUT2D eigenvalue weighted by Crippen LogP contribution is 2.29. The summed E-state index contributed by atoms with van der Waals surface area (Å²) in [6, 6.07) is 14.1. The van der Waals surface area contributed by atoms with Crippen LogP contribution in [0.1, 0.15) is 27.9 Å². The largest absolute Gasteiger partial charge is 0.350 e. The van der Waals surface area contributed by atoms with Crippen molar-refractivity contribution >= 4 is 5.91 Å². The number of carbonyl (C=O) groups excluding carboxylic acids is 1. The SMILES string of the molecule is O=C1NC2(CCN(Cc3ccc(F)cc3)C2)OCc2ccccc21. The van der Waals surface area contributed by atoms with Gasteiger partial charge < -0.3 is 10.1 Å². The molecular formula is C19H19FN2O2. The number of halogens is 1. The van der Waals surface area contributed by atoms with Crippen LogP contribution in [0.2, 0.25) is 0 Å². The molecule has 0 bridgehead atoms. The summed E-state index contributed by atoms with van der Waals surface area (Å²) in [7, 11) is 0. The minimum atomic E-state index is -0.643. The summed E-state index contributed by atoms with van der Waals surface area (Å²) in [5, 5.41) is 3.07. The van der Waals surface area contributed by atoms with Crippen LogP contribution in [-0.2, 0) is 17.9 Å². The summed E-state index contributed by atoms with van der Waals surface area (Å²) in [5.41, 5.74) is 2.02.